The minimum absolute atomic E-state index is 0.510. The number of nitriles is 1. The lowest BCUT2D eigenvalue weighted by atomic mass is 10.1. The summed E-state index contributed by atoms with van der Waals surface area (Å²) in [6.45, 7) is 2.07. The lowest BCUT2D eigenvalue weighted by molar-refractivity contribution is 1.24. The molecule has 1 aromatic carbocycles. The van der Waals surface area contributed by atoms with E-state index >= 15 is 0 Å². The Bertz CT molecular complexity index is 299. The van der Waals surface area contributed by atoms with E-state index in [2.05, 4.69) is 47.7 Å². The predicted molar refractivity (Wildman–Crippen MR) is 53.2 cm³/mol. The standard InChI is InChI=1S/C9H8IN/c1-7-2-3-8(4-5-11)6-9(7)10/h2-3,6H,4H2,1H3. The quantitative estimate of drug-likeness (QED) is 0.709. The Morgan fingerprint density at radius 3 is 2.82 bits per heavy atom. The molecule has 0 N–H and O–H groups in total. The summed E-state index contributed by atoms with van der Waals surface area (Å²) >= 11 is 2.28. The first-order valence-electron chi connectivity index (χ1n) is 3.36. The first-order valence-corrected chi connectivity index (χ1v) is 4.44. The van der Waals surface area contributed by atoms with Crippen LogP contribution in [0.15, 0.2) is 18.2 Å². The molecule has 0 radical (unpaired) electrons. The van der Waals surface area contributed by atoms with Gasteiger partial charge in [0.1, 0.15) is 0 Å². The van der Waals surface area contributed by atoms with Crippen LogP contribution >= 0.6 is 22.6 Å². The lowest BCUT2D eigenvalue weighted by Gasteiger charge is -1.98. The molecule has 0 atom stereocenters. The number of hydrogen-bond donors (Lipinski definition) is 0. The van der Waals surface area contributed by atoms with Crippen LogP contribution in [-0.2, 0) is 6.42 Å². The van der Waals surface area contributed by atoms with E-state index in [1.54, 1.807) is 0 Å². The van der Waals surface area contributed by atoms with Crippen LogP contribution in [0.4, 0.5) is 0 Å². The van der Waals surface area contributed by atoms with E-state index in [0.717, 1.165) is 5.56 Å². The van der Waals surface area contributed by atoms with Gasteiger partial charge in [0.15, 0.2) is 0 Å². The molecule has 0 fully saturated rings. The second kappa shape index (κ2) is 3.72. The number of benzene rings is 1. The van der Waals surface area contributed by atoms with Gasteiger partial charge in [0.2, 0.25) is 0 Å². The summed E-state index contributed by atoms with van der Waals surface area (Å²) in [6.07, 6.45) is 0.510. The van der Waals surface area contributed by atoms with E-state index in [0.29, 0.717) is 6.42 Å². The van der Waals surface area contributed by atoms with Gasteiger partial charge in [-0.2, -0.15) is 5.26 Å². The SMILES string of the molecule is Cc1ccc(CC#N)cc1I. The van der Waals surface area contributed by atoms with Crippen molar-refractivity contribution in [3.05, 3.63) is 32.9 Å². The monoisotopic (exact) mass is 257 g/mol. The average Bonchev–Trinajstić information content (AvgIpc) is 1.98. The fourth-order valence-electron chi connectivity index (χ4n) is 0.838. The van der Waals surface area contributed by atoms with E-state index < -0.39 is 0 Å². The van der Waals surface area contributed by atoms with Gasteiger partial charge in [-0.3, -0.25) is 0 Å². The maximum atomic E-state index is 8.43. The molecule has 0 bridgehead atoms. The molecule has 0 aliphatic carbocycles. The summed E-state index contributed by atoms with van der Waals surface area (Å²) in [5.74, 6) is 0. The van der Waals surface area contributed by atoms with Crippen molar-refractivity contribution in [1.82, 2.24) is 0 Å². The normalized spacial score (nSPS) is 9.18. The summed E-state index contributed by atoms with van der Waals surface area (Å²) < 4.78 is 1.23. The Balaban J connectivity index is 2.98. The zero-order chi connectivity index (χ0) is 8.27. The van der Waals surface area contributed by atoms with Crippen LogP contribution in [0.1, 0.15) is 11.1 Å². The third-order valence-corrected chi connectivity index (χ3v) is 2.68. The largest absolute Gasteiger partial charge is 0.198 e. The summed E-state index contributed by atoms with van der Waals surface area (Å²) in [5, 5.41) is 8.43. The molecular formula is C9H8IN. The molecule has 0 aliphatic rings. The fourth-order valence-corrected chi connectivity index (χ4v) is 1.42. The van der Waals surface area contributed by atoms with Gasteiger partial charge in [0.25, 0.3) is 0 Å². The highest BCUT2D eigenvalue weighted by Crippen LogP contribution is 2.13. The van der Waals surface area contributed by atoms with Gasteiger partial charge >= 0.3 is 0 Å². The highest BCUT2D eigenvalue weighted by Gasteiger charge is 1.95. The second-order valence-electron chi connectivity index (χ2n) is 2.42. The van der Waals surface area contributed by atoms with E-state index in [9.17, 15) is 0 Å². The molecule has 0 spiro atoms. The molecule has 0 heterocycles. The molecule has 0 saturated carbocycles. The van der Waals surface area contributed by atoms with Crippen LogP contribution < -0.4 is 0 Å². The average molecular weight is 257 g/mol. The Labute approximate surface area is 80.2 Å². The zero-order valence-electron chi connectivity index (χ0n) is 6.26. The molecule has 0 amide bonds. The molecule has 0 aromatic heterocycles. The third-order valence-electron chi connectivity index (χ3n) is 1.52. The number of rotatable bonds is 1. The van der Waals surface area contributed by atoms with Gasteiger partial charge < -0.3 is 0 Å². The number of aryl methyl sites for hydroxylation is 1. The molecule has 0 unspecified atom stereocenters. The van der Waals surface area contributed by atoms with Crippen LogP contribution in [0.5, 0.6) is 0 Å². The van der Waals surface area contributed by atoms with Crippen molar-refractivity contribution in [2.75, 3.05) is 0 Å². The van der Waals surface area contributed by atoms with Crippen molar-refractivity contribution in [1.29, 1.82) is 5.26 Å². The van der Waals surface area contributed by atoms with E-state index in [-0.39, 0.29) is 0 Å². The molecule has 0 aliphatic heterocycles. The Kier molecular flexibility index (Phi) is 2.89. The van der Waals surface area contributed by atoms with Gasteiger partial charge in [-0.05, 0) is 46.7 Å². The van der Waals surface area contributed by atoms with Crippen LogP contribution in [0.3, 0.4) is 0 Å². The summed E-state index contributed by atoms with van der Waals surface area (Å²) in [6, 6.07) is 8.23. The maximum Gasteiger partial charge on any atom is 0.0669 e. The van der Waals surface area contributed by atoms with Crippen LogP contribution in [0.2, 0.25) is 0 Å². The van der Waals surface area contributed by atoms with Crippen molar-refractivity contribution < 1.29 is 0 Å². The van der Waals surface area contributed by atoms with Crippen molar-refractivity contribution in [3.8, 4) is 6.07 Å². The van der Waals surface area contributed by atoms with Crippen LogP contribution in [0, 0.1) is 21.8 Å². The smallest absolute Gasteiger partial charge is 0.0669 e. The highest BCUT2D eigenvalue weighted by atomic mass is 127. The first-order chi connectivity index (χ1) is 5.24. The molecule has 56 valence electrons. The summed E-state index contributed by atoms with van der Waals surface area (Å²) in [5.41, 5.74) is 2.37. The molecule has 2 heteroatoms. The predicted octanol–water partition coefficient (Wildman–Crippen LogP) is 2.67. The maximum absolute atomic E-state index is 8.43. The van der Waals surface area contributed by atoms with Crippen LogP contribution in [-0.4, -0.2) is 0 Å². The minimum Gasteiger partial charge on any atom is -0.198 e. The van der Waals surface area contributed by atoms with Crippen LogP contribution in [0.25, 0.3) is 0 Å². The fraction of sp³-hybridized carbons (Fsp3) is 0.222. The third kappa shape index (κ3) is 2.19. The number of nitrogens with zero attached hydrogens (tertiary/aromatic N) is 1. The van der Waals surface area contributed by atoms with Gasteiger partial charge in [0.05, 0.1) is 12.5 Å². The van der Waals surface area contributed by atoms with E-state index in [1.165, 1.54) is 9.13 Å². The van der Waals surface area contributed by atoms with E-state index in [4.69, 9.17) is 5.26 Å². The molecule has 1 nitrogen and oxygen atoms in total. The Morgan fingerprint density at radius 2 is 2.27 bits per heavy atom. The Morgan fingerprint density at radius 1 is 1.55 bits per heavy atom. The van der Waals surface area contributed by atoms with Crippen molar-refractivity contribution in [2.24, 2.45) is 0 Å². The molecule has 1 rings (SSSR count). The van der Waals surface area contributed by atoms with Crippen molar-refractivity contribution >= 4 is 22.6 Å². The topological polar surface area (TPSA) is 23.8 Å². The minimum atomic E-state index is 0.510. The summed E-state index contributed by atoms with van der Waals surface area (Å²) in [7, 11) is 0. The molecule has 11 heavy (non-hydrogen) atoms. The summed E-state index contributed by atoms with van der Waals surface area (Å²) in [4.78, 5) is 0. The molecule has 0 saturated heterocycles. The first kappa shape index (κ1) is 8.54. The van der Waals surface area contributed by atoms with Gasteiger partial charge in [-0.1, -0.05) is 12.1 Å². The molecular weight excluding hydrogens is 249 g/mol. The van der Waals surface area contributed by atoms with E-state index in [1.807, 2.05) is 6.07 Å². The van der Waals surface area contributed by atoms with Gasteiger partial charge in [-0.15, -0.1) is 0 Å². The zero-order valence-corrected chi connectivity index (χ0v) is 8.42. The highest BCUT2D eigenvalue weighted by molar-refractivity contribution is 14.1. The number of halogens is 1. The van der Waals surface area contributed by atoms with Gasteiger partial charge in [0, 0.05) is 3.57 Å². The second-order valence-corrected chi connectivity index (χ2v) is 3.58. The number of hydrogen-bond acceptors (Lipinski definition) is 1. The van der Waals surface area contributed by atoms with Crippen molar-refractivity contribution in [3.63, 3.8) is 0 Å². The molecule has 1 aromatic rings. The Hall–Kier alpha value is -0.560. The lowest BCUT2D eigenvalue weighted by Crippen LogP contribution is -1.85. The van der Waals surface area contributed by atoms with Crippen molar-refractivity contribution in [2.45, 2.75) is 13.3 Å². The van der Waals surface area contributed by atoms with Gasteiger partial charge in [-0.25, -0.2) is 0 Å².